The molecular formula is C29H29N3O4. The van der Waals surface area contributed by atoms with Crippen LogP contribution in [0.5, 0.6) is 5.75 Å². The van der Waals surface area contributed by atoms with Gasteiger partial charge >= 0.3 is 0 Å². The van der Waals surface area contributed by atoms with Gasteiger partial charge in [0.05, 0.1) is 5.69 Å². The standard InChI is InChI=1S/C29H29N3O4/c1-20-9-12-26-25(16-20)31(28(34)19-36-26)14-5-8-27(33)30-18-21-10-11-24-23(17-21)13-15-32(24)29(35)22-6-3-2-4-7-22/h2-4,6-7,9-12,16-17H,5,8,13-15,18-19H2,1H3,(H,30,33). The number of carbonyl (C=O) groups excluding carboxylic acids is 3. The number of carbonyl (C=O) groups is 3. The minimum Gasteiger partial charge on any atom is -0.482 e. The predicted molar refractivity (Wildman–Crippen MR) is 138 cm³/mol. The van der Waals surface area contributed by atoms with E-state index < -0.39 is 0 Å². The van der Waals surface area contributed by atoms with E-state index in [9.17, 15) is 14.4 Å². The van der Waals surface area contributed by atoms with Gasteiger partial charge in [-0.3, -0.25) is 14.4 Å². The van der Waals surface area contributed by atoms with Gasteiger partial charge in [-0.2, -0.15) is 0 Å². The van der Waals surface area contributed by atoms with Gasteiger partial charge in [-0.05, 0) is 66.8 Å². The van der Waals surface area contributed by atoms with Crippen molar-refractivity contribution in [3.8, 4) is 5.75 Å². The molecule has 0 radical (unpaired) electrons. The Balaban J connectivity index is 1.13. The summed E-state index contributed by atoms with van der Waals surface area (Å²) in [5.74, 6) is 0.560. The van der Waals surface area contributed by atoms with Gasteiger partial charge in [0.2, 0.25) is 5.91 Å². The highest BCUT2D eigenvalue weighted by molar-refractivity contribution is 6.07. The van der Waals surface area contributed by atoms with E-state index in [4.69, 9.17) is 4.74 Å². The molecule has 7 heteroatoms. The van der Waals surface area contributed by atoms with Crippen molar-refractivity contribution < 1.29 is 19.1 Å². The number of fused-ring (bicyclic) bond motifs is 2. The molecule has 2 heterocycles. The van der Waals surface area contributed by atoms with Crippen LogP contribution in [0, 0.1) is 6.92 Å². The summed E-state index contributed by atoms with van der Waals surface area (Å²) in [5.41, 5.74) is 5.56. The van der Waals surface area contributed by atoms with Gasteiger partial charge in [0, 0.05) is 37.3 Å². The second-order valence-electron chi connectivity index (χ2n) is 9.22. The summed E-state index contributed by atoms with van der Waals surface area (Å²) in [6.07, 6.45) is 1.69. The molecule has 0 atom stereocenters. The lowest BCUT2D eigenvalue weighted by Crippen LogP contribution is -2.39. The molecule has 0 aliphatic carbocycles. The van der Waals surface area contributed by atoms with Gasteiger partial charge in [0.15, 0.2) is 6.61 Å². The van der Waals surface area contributed by atoms with Gasteiger partial charge in [-0.15, -0.1) is 0 Å². The molecule has 3 aromatic rings. The van der Waals surface area contributed by atoms with Crippen LogP contribution in [0.25, 0.3) is 0 Å². The van der Waals surface area contributed by atoms with Crippen LogP contribution in [-0.4, -0.2) is 37.4 Å². The lowest BCUT2D eigenvalue weighted by molar-refractivity contribution is -0.123. The third kappa shape index (κ3) is 4.96. The molecule has 2 aliphatic heterocycles. The molecule has 0 spiro atoms. The molecule has 3 aromatic carbocycles. The first kappa shape index (κ1) is 23.6. The molecular weight excluding hydrogens is 454 g/mol. The molecule has 0 aromatic heterocycles. The number of nitrogens with one attached hydrogen (secondary N) is 1. The second kappa shape index (κ2) is 10.2. The number of aryl methyl sites for hydroxylation is 1. The topological polar surface area (TPSA) is 79.0 Å². The van der Waals surface area contributed by atoms with Crippen LogP contribution in [0.1, 0.15) is 39.9 Å². The molecule has 5 rings (SSSR count). The molecule has 0 bridgehead atoms. The first-order valence-corrected chi connectivity index (χ1v) is 12.3. The molecule has 2 aliphatic rings. The highest BCUT2D eigenvalue weighted by atomic mass is 16.5. The zero-order valence-electron chi connectivity index (χ0n) is 20.3. The number of hydrogen-bond donors (Lipinski definition) is 1. The zero-order chi connectivity index (χ0) is 25.1. The molecule has 36 heavy (non-hydrogen) atoms. The Morgan fingerprint density at radius 1 is 1.00 bits per heavy atom. The average Bonchev–Trinajstić information content (AvgIpc) is 3.32. The normalized spacial score (nSPS) is 14.2. The largest absolute Gasteiger partial charge is 0.482 e. The van der Waals surface area contributed by atoms with Crippen molar-refractivity contribution >= 4 is 29.1 Å². The number of anilines is 2. The van der Waals surface area contributed by atoms with Gasteiger partial charge in [0.1, 0.15) is 5.75 Å². The van der Waals surface area contributed by atoms with E-state index in [1.165, 1.54) is 0 Å². The van der Waals surface area contributed by atoms with E-state index in [1.54, 1.807) is 4.90 Å². The smallest absolute Gasteiger partial charge is 0.265 e. The van der Waals surface area contributed by atoms with Crippen LogP contribution < -0.4 is 19.9 Å². The minimum absolute atomic E-state index is 0.00642. The second-order valence-corrected chi connectivity index (χ2v) is 9.22. The summed E-state index contributed by atoms with van der Waals surface area (Å²) >= 11 is 0. The van der Waals surface area contributed by atoms with Crippen LogP contribution in [0.2, 0.25) is 0 Å². The van der Waals surface area contributed by atoms with Crippen molar-refractivity contribution in [2.75, 3.05) is 29.5 Å². The fraction of sp³-hybridized carbons (Fsp3) is 0.276. The third-order valence-corrected chi connectivity index (χ3v) is 6.64. The van der Waals surface area contributed by atoms with Gasteiger partial charge in [-0.25, -0.2) is 0 Å². The lowest BCUT2D eigenvalue weighted by atomic mass is 10.1. The number of ether oxygens (including phenoxy) is 1. The van der Waals surface area contributed by atoms with E-state index in [0.29, 0.717) is 43.8 Å². The van der Waals surface area contributed by atoms with E-state index in [0.717, 1.165) is 34.5 Å². The van der Waals surface area contributed by atoms with Gasteiger partial charge in [-0.1, -0.05) is 36.4 Å². The maximum atomic E-state index is 12.9. The molecule has 3 amide bonds. The Bertz CT molecular complexity index is 1310. The van der Waals surface area contributed by atoms with Crippen molar-refractivity contribution in [3.63, 3.8) is 0 Å². The van der Waals surface area contributed by atoms with Crippen LogP contribution in [0.3, 0.4) is 0 Å². The first-order valence-electron chi connectivity index (χ1n) is 12.3. The number of amides is 3. The number of nitrogens with zero attached hydrogens (tertiary/aromatic N) is 2. The SMILES string of the molecule is Cc1ccc2c(c1)N(CCCC(=O)NCc1ccc3c(c1)CCN3C(=O)c1ccccc1)C(=O)CO2. The Morgan fingerprint density at radius 2 is 1.83 bits per heavy atom. The summed E-state index contributed by atoms with van der Waals surface area (Å²) in [6, 6.07) is 21.1. The van der Waals surface area contributed by atoms with Crippen LogP contribution in [-0.2, 0) is 22.6 Å². The monoisotopic (exact) mass is 483 g/mol. The third-order valence-electron chi connectivity index (χ3n) is 6.64. The molecule has 184 valence electrons. The van der Waals surface area contributed by atoms with E-state index >= 15 is 0 Å². The van der Waals surface area contributed by atoms with Crippen LogP contribution in [0.4, 0.5) is 11.4 Å². The van der Waals surface area contributed by atoms with Crippen LogP contribution in [0.15, 0.2) is 66.7 Å². The Labute approximate surface area is 210 Å². The number of rotatable bonds is 7. The Kier molecular flexibility index (Phi) is 6.71. The molecule has 1 N–H and O–H groups in total. The van der Waals surface area contributed by atoms with Crippen molar-refractivity contribution in [2.45, 2.75) is 32.7 Å². The summed E-state index contributed by atoms with van der Waals surface area (Å²) in [5, 5.41) is 2.98. The van der Waals surface area contributed by atoms with Gasteiger partial charge in [0.25, 0.3) is 11.8 Å². The average molecular weight is 484 g/mol. The number of hydrogen-bond acceptors (Lipinski definition) is 4. The predicted octanol–water partition coefficient (Wildman–Crippen LogP) is 4.02. The maximum absolute atomic E-state index is 12.9. The molecule has 7 nitrogen and oxygen atoms in total. The quantitative estimate of drug-likeness (QED) is 0.551. The van der Waals surface area contributed by atoms with Gasteiger partial charge < -0.3 is 19.9 Å². The highest BCUT2D eigenvalue weighted by Crippen LogP contribution is 2.33. The first-order chi connectivity index (χ1) is 17.5. The molecule has 0 saturated carbocycles. The van der Waals surface area contributed by atoms with E-state index in [-0.39, 0.29) is 24.3 Å². The van der Waals surface area contributed by atoms with Crippen LogP contribution >= 0.6 is 0 Å². The fourth-order valence-corrected chi connectivity index (χ4v) is 4.76. The summed E-state index contributed by atoms with van der Waals surface area (Å²) in [6.45, 7) is 3.55. The maximum Gasteiger partial charge on any atom is 0.265 e. The molecule has 0 saturated heterocycles. The summed E-state index contributed by atoms with van der Waals surface area (Å²) < 4.78 is 5.52. The van der Waals surface area contributed by atoms with Crippen molar-refractivity contribution in [1.29, 1.82) is 0 Å². The zero-order valence-corrected chi connectivity index (χ0v) is 20.3. The molecule has 0 fully saturated rings. The Hall–Kier alpha value is -4.13. The minimum atomic E-state index is -0.0913. The number of benzene rings is 3. The van der Waals surface area contributed by atoms with Crippen molar-refractivity contribution in [1.82, 2.24) is 5.32 Å². The fourth-order valence-electron chi connectivity index (χ4n) is 4.76. The summed E-state index contributed by atoms with van der Waals surface area (Å²) in [7, 11) is 0. The summed E-state index contributed by atoms with van der Waals surface area (Å²) in [4.78, 5) is 41.2. The highest BCUT2D eigenvalue weighted by Gasteiger charge is 2.26. The van der Waals surface area contributed by atoms with Crippen molar-refractivity contribution in [3.05, 3.63) is 89.0 Å². The van der Waals surface area contributed by atoms with E-state index in [1.807, 2.05) is 72.5 Å². The molecule has 0 unspecified atom stereocenters. The van der Waals surface area contributed by atoms with Crippen molar-refractivity contribution in [2.24, 2.45) is 0 Å². The lowest BCUT2D eigenvalue weighted by Gasteiger charge is -2.29. The Morgan fingerprint density at radius 3 is 2.67 bits per heavy atom. The van der Waals surface area contributed by atoms with E-state index in [2.05, 4.69) is 11.4 Å².